The maximum atomic E-state index is 10.6. The normalized spacial score (nSPS) is 54.2. The Labute approximate surface area is 148 Å². The van der Waals surface area contributed by atoms with Crippen molar-refractivity contribution in [3.63, 3.8) is 0 Å². The fourth-order valence-electron chi connectivity index (χ4n) is 7.73. The predicted molar refractivity (Wildman–Crippen MR) is 97.7 cm³/mol. The quantitative estimate of drug-likeness (QED) is 0.753. The van der Waals surface area contributed by atoms with E-state index in [-0.39, 0.29) is 18.3 Å². The van der Waals surface area contributed by atoms with Crippen molar-refractivity contribution < 1.29 is 9.84 Å². The zero-order valence-corrected chi connectivity index (χ0v) is 16.3. The lowest BCUT2D eigenvalue weighted by molar-refractivity contribution is -0.177. The average Bonchev–Trinajstić information content (AvgIpc) is 2.90. The van der Waals surface area contributed by atoms with Crippen molar-refractivity contribution in [3.8, 4) is 0 Å². The average molecular weight is 335 g/mol. The van der Waals surface area contributed by atoms with E-state index in [1.807, 2.05) is 0 Å². The first-order valence-electron chi connectivity index (χ1n) is 10.7. The molecule has 0 bridgehead atoms. The molecular formula is C22H38O2. The Kier molecular flexibility index (Phi) is 4.32. The number of fused-ring (bicyclic) bond motifs is 5. The summed E-state index contributed by atoms with van der Waals surface area (Å²) in [7, 11) is 0. The van der Waals surface area contributed by atoms with Crippen molar-refractivity contribution in [2.75, 3.05) is 0 Å². The fraction of sp³-hybridized carbons (Fsp3) is 1.00. The summed E-state index contributed by atoms with van der Waals surface area (Å²) in [5, 5.41) is 10.6. The Morgan fingerprint density at radius 1 is 1.00 bits per heavy atom. The Morgan fingerprint density at radius 3 is 2.54 bits per heavy atom. The minimum absolute atomic E-state index is 0.0573. The molecule has 4 rings (SSSR count). The summed E-state index contributed by atoms with van der Waals surface area (Å²) in [6.45, 7) is 9.37. The van der Waals surface area contributed by atoms with Crippen LogP contribution in [0.1, 0.15) is 85.5 Å². The zero-order valence-electron chi connectivity index (χ0n) is 16.3. The highest BCUT2D eigenvalue weighted by Crippen LogP contribution is 2.66. The molecule has 0 aromatic rings. The number of aliphatic hydroxyl groups excluding tert-OH is 1. The van der Waals surface area contributed by atoms with E-state index in [2.05, 4.69) is 27.7 Å². The van der Waals surface area contributed by atoms with Crippen LogP contribution in [-0.4, -0.2) is 23.4 Å². The van der Waals surface area contributed by atoms with E-state index in [0.717, 1.165) is 30.6 Å². The standard InChI is InChI=1S/C22H38O2/c1-14(2)24-20-13-22(4)15(12-19(20)23)7-8-16-17-6-5-10-21(17,3)11-9-18(16)22/h14-20,23H,5-13H2,1-4H3/t15-,16-,17-,18-,19-,20-,21-,22-/m0/s1. The van der Waals surface area contributed by atoms with E-state index in [1.165, 1.54) is 44.9 Å². The van der Waals surface area contributed by atoms with Gasteiger partial charge in [-0.25, -0.2) is 0 Å². The van der Waals surface area contributed by atoms with Crippen LogP contribution in [0, 0.1) is 34.5 Å². The topological polar surface area (TPSA) is 29.5 Å². The van der Waals surface area contributed by atoms with Crippen LogP contribution in [0.15, 0.2) is 0 Å². The van der Waals surface area contributed by atoms with Crippen LogP contribution in [0.3, 0.4) is 0 Å². The molecule has 0 aromatic carbocycles. The molecule has 138 valence electrons. The molecule has 0 unspecified atom stereocenters. The maximum absolute atomic E-state index is 10.6. The fourth-order valence-corrected chi connectivity index (χ4v) is 7.73. The summed E-state index contributed by atoms with van der Waals surface area (Å²) in [5.41, 5.74) is 1.04. The highest BCUT2D eigenvalue weighted by atomic mass is 16.5. The molecule has 0 heterocycles. The molecule has 24 heavy (non-hydrogen) atoms. The number of aliphatic hydroxyl groups is 1. The van der Waals surface area contributed by atoms with Gasteiger partial charge in [-0.15, -0.1) is 0 Å². The number of hydrogen-bond acceptors (Lipinski definition) is 2. The molecule has 4 aliphatic carbocycles. The minimum Gasteiger partial charge on any atom is -0.390 e. The molecule has 8 atom stereocenters. The van der Waals surface area contributed by atoms with Crippen LogP contribution < -0.4 is 0 Å². The third kappa shape index (κ3) is 2.58. The second-order valence-corrected chi connectivity index (χ2v) is 10.5. The van der Waals surface area contributed by atoms with Crippen LogP contribution in [-0.2, 0) is 4.74 Å². The van der Waals surface area contributed by atoms with Crippen LogP contribution >= 0.6 is 0 Å². The number of hydrogen-bond donors (Lipinski definition) is 1. The monoisotopic (exact) mass is 334 g/mol. The molecule has 0 amide bonds. The molecule has 2 heteroatoms. The van der Waals surface area contributed by atoms with Gasteiger partial charge in [-0.3, -0.25) is 0 Å². The van der Waals surface area contributed by atoms with Gasteiger partial charge in [0.15, 0.2) is 0 Å². The molecule has 0 aromatic heterocycles. The lowest BCUT2D eigenvalue weighted by atomic mass is 9.45. The van der Waals surface area contributed by atoms with Crippen molar-refractivity contribution in [3.05, 3.63) is 0 Å². The molecule has 4 saturated carbocycles. The van der Waals surface area contributed by atoms with Crippen LogP contribution in [0.5, 0.6) is 0 Å². The van der Waals surface area contributed by atoms with Gasteiger partial charge in [0.25, 0.3) is 0 Å². The van der Waals surface area contributed by atoms with Crippen molar-refractivity contribution in [1.29, 1.82) is 0 Å². The first kappa shape index (κ1) is 17.3. The lowest BCUT2D eigenvalue weighted by Gasteiger charge is -2.61. The van der Waals surface area contributed by atoms with E-state index in [4.69, 9.17) is 4.74 Å². The van der Waals surface area contributed by atoms with Crippen molar-refractivity contribution >= 4 is 0 Å². The predicted octanol–water partition coefficient (Wildman–Crippen LogP) is 5.18. The van der Waals surface area contributed by atoms with Crippen molar-refractivity contribution in [1.82, 2.24) is 0 Å². The Hall–Kier alpha value is -0.0800. The smallest absolute Gasteiger partial charge is 0.0842 e. The van der Waals surface area contributed by atoms with Gasteiger partial charge >= 0.3 is 0 Å². The Morgan fingerprint density at radius 2 is 1.79 bits per heavy atom. The molecule has 0 radical (unpaired) electrons. The van der Waals surface area contributed by atoms with E-state index in [9.17, 15) is 5.11 Å². The first-order valence-corrected chi connectivity index (χ1v) is 10.7. The molecule has 0 saturated heterocycles. The first-order chi connectivity index (χ1) is 11.3. The second kappa shape index (κ2) is 5.98. The summed E-state index contributed by atoms with van der Waals surface area (Å²) < 4.78 is 6.15. The van der Waals surface area contributed by atoms with Crippen LogP contribution in [0.2, 0.25) is 0 Å². The largest absolute Gasteiger partial charge is 0.390 e. The third-order valence-electron chi connectivity index (χ3n) is 8.89. The Bertz CT molecular complexity index is 475. The number of ether oxygens (including phenoxy) is 1. The molecule has 1 N–H and O–H groups in total. The van der Waals surface area contributed by atoms with Gasteiger partial charge in [0.2, 0.25) is 0 Å². The Balaban J connectivity index is 1.58. The minimum atomic E-state index is -0.248. The summed E-state index contributed by atoms with van der Waals surface area (Å²) in [6.07, 6.45) is 12.1. The van der Waals surface area contributed by atoms with Crippen molar-refractivity contribution in [2.24, 2.45) is 34.5 Å². The summed E-state index contributed by atoms with van der Waals surface area (Å²) in [5.74, 6) is 3.51. The molecular weight excluding hydrogens is 296 g/mol. The van der Waals surface area contributed by atoms with Crippen molar-refractivity contribution in [2.45, 2.75) is 104 Å². The molecule has 0 spiro atoms. The van der Waals surface area contributed by atoms with Gasteiger partial charge in [0, 0.05) is 0 Å². The van der Waals surface area contributed by atoms with E-state index >= 15 is 0 Å². The second-order valence-electron chi connectivity index (χ2n) is 10.5. The molecule has 2 nitrogen and oxygen atoms in total. The zero-order chi connectivity index (χ0) is 17.1. The van der Waals surface area contributed by atoms with E-state index < -0.39 is 0 Å². The summed E-state index contributed by atoms with van der Waals surface area (Å²) in [6, 6.07) is 0. The molecule has 4 fully saturated rings. The highest BCUT2D eigenvalue weighted by molar-refractivity contribution is 5.08. The van der Waals surface area contributed by atoms with E-state index in [1.54, 1.807) is 0 Å². The van der Waals surface area contributed by atoms with Gasteiger partial charge in [0.05, 0.1) is 18.3 Å². The molecule has 4 aliphatic rings. The third-order valence-corrected chi connectivity index (χ3v) is 8.89. The summed E-state index contributed by atoms with van der Waals surface area (Å²) in [4.78, 5) is 0. The van der Waals surface area contributed by atoms with Gasteiger partial charge in [-0.05, 0) is 99.7 Å². The van der Waals surface area contributed by atoms with Gasteiger partial charge in [0.1, 0.15) is 0 Å². The summed E-state index contributed by atoms with van der Waals surface area (Å²) >= 11 is 0. The van der Waals surface area contributed by atoms with Gasteiger partial charge < -0.3 is 9.84 Å². The van der Waals surface area contributed by atoms with Gasteiger partial charge in [-0.2, -0.15) is 0 Å². The van der Waals surface area contributed by atoms with Crippen LogP contribution in [0.4, 0.5) is 0 Å². The number of rotatable bonds is 2. The molecule has 0 aliphatic heterocycles. The highest BCUT2D eigenvalue weighted by Gasteiger charge is 2.59. The van der Waals surface area contributed by atoms with Crippen LogP contribution in [0.25, 0.3) is 0 Å². The maximum Gasteiger partial charge on any atom is 0.0842 e. The lowest BCUT2D eigenvalue weighted by Crippen LogP contribution is -2.56. The van der Waals surface area contributed by atoms with E-state index in [0.29, 0.717) is 16.7 Å². The SMILES string of the molecule is CC(C)O[C@H]1C[C@@]2(C)[C@@H](CC[C@H]3[C@@H]4CCC[C@@]4(C)CC[C@@H]32)C[C@@H]1O. The van der Waals surface area contributed by atoms with Gasteiger partial charge in [-0.1, -0.05) is 20.3 Å².